The van der Waals surface area contributed by atoms with Crippen molar-refractivity contribution in [3.8, 4) is 0 Å². The summed E-state index contributed by atoms with van der Waals surface area (Å²) in [5, 5.41) is 15.5. The number of aliphatic hydroxyl groups is 1. The van der Waals surface area contributed by atoms with Crippen molar-refractivity contribution in [3.63, 3.8) is 0 Å². The Morgan fingerprint density at radius 1 is 1.24 bits per heavy atom. The van der Waals surface area contributed by atoms with Crippen LogP contribution in [0.15, 0.2) is 77.3 Å². The fraction of sp³-hybridized carbons (Fsp3) is 0.136. The van der Waals surface area contributed by atoms with E-state index >= 15 is 0 Å². The van der Waals surface area contributed by atoms with Gasteiger partial charge in [-0.15, -0.1) is 0 Å². The van der Waals surface area contributed by atoms with Crippen molar-refractivity contribution in [2.24, 2.45) is 4.99 Å². The highest BCUT2D eigenvalue weighted by molar-refractivity contribution is 6.34. The maximum atomic E-state index is 12.5. The molecule has 1 amide bonds. The number of hydrogen-bond acceptors (Lipinski definition) is 5. The topological polar surface area (TPSA) is 86.6 Å². The zero-order valence-corrected chi connectivity index (χ0v) is 17.2. The summed E-state index contributed by atoms with van der Waals surface area (Å²) < 4.78 is 0. The summed E-state index contributed by atoms with van der Waals surface area (Å²) >= 11 is 6.32. The number of nitrogens with one attached hydrogen (secondary N) is 2. The average molecular weight is 411 g/mol. The quantitative estimate of drug-likeness (QED) is 0.333. The minimum atomic E-state index is -0.325. The minimum Gasteiger partial charge on any atom is -0.513 e. The largest absolute Gasteiger partial charge is 0.513 e. The van der Waals surface area contributed by atoms with Crippen molar-refractivity contribution in [2.45, 2.75) is 13.8 Å². The summed E-state index contributed by atoms with van der Waals surface area (Å²) in [5.74, 6) is -0.147. The lowest BCUT2D eigenvalue weighted by Gasteiger charge is -2.10. The van der Waals surface area contributed by atoms with Crippen LogP contribution in [-0.2, 0) is 0 Å². The Morgan fingerprint density at radius 2 is 2.00 bits per heavy atom. The Labute approximate surface area is 175 Å². The molecule has 150 valence electrons. The van der Waals surface area contributed by atoms with Gasteiger partial charge in [-0.25, -0.2) is 0 Å². The van der Waals surface area contributed by atoms with Crippen LogP contribution < -0.4 is 10.6 Å². The summed E-state index contributed by atoms with van der Waals surface area (Å²) in [4.78, 5) is 20.7. The molecule has 0 saturated heterocycles. The molecule has 0 fully saturated rings. The number of benzene rings is 1. The summed E-state index contributed by atoms with van der Waals surface area (Å²) in [6, 6.07) is 8.83. The molecule has 0 aliphatic heterocycles. The Balaban J connectivity index is 2.08. The van der Waals surface area contributed by atoms with Gasteiger partial charge in [0.1, 0.15) is 0 Å². The molecule has 1 heterocycles. The Morgan fingerprint density at radius 3 is 2.59 bits per heavy atom. The molecule has 0 unspecified atom stereocenters. The van der Waals surface area contributed by atoms with E-state index in [2.05, 4.69) is 20.6 Å². The monoisotopic (exact) mass is 410 g/mol. The molecule has 29 heavy (non-hydrogen) atoms. The van der Waals surface area contributed by atoms with Crippen LogP contribution in [0.1, 0.15) is 29.9 Å². The van der Waals surface area contributed by atoms with Crippen molar-refractivity contribution in [1.82, 2.24) is 10.3 Å². The molecular weight excluding hydrogens is 388 g/mol. The van der Waals surface area contributed by atoms with E-state index in [9.17, 15) is 9.90 Å². The van der Waals surface area contributed by atoms with Gasteiger partial charge in [0.15, 0.2) is 0 Å². The molecule has 0 bridgehead atoms. The maximum Gasteiger partial charge on any atom is 0.257 e. The molecule has 0 aliphatic carbocycles. The van der Waals surface area contributed by atoms with E-state index in [0.717, 1.165) is 17.1 Å². The molecule has 1 aromatic carbocycles. The smallest absolute Gasteiger partial charge is 0.257 e. The second-order valence-corrected chi connectivity index (χ2v) is 6.45. The van der Waals surface area contributed by atoms with Gasteiger partial charge in [0, 0.05) is 24.6 Å². The number of aliphatic imine (C=N–C) groups is 1. The number of rotatable bonds is 7. The lowest BCUT2D eigenvalue weighted by molar-refractivity contribution is 0.0967. The van der Waals surface area contributed by atoms with E-state index in [-0.39, 0.29) is 11.7 Å². The predicted molar refractivity (Wildman–Crippen MR) is 119 cm³/mol. The molecule has 0 atom stereocenters. The molecule has 0 spiro atoms. The third-order valence-corrected chi connectivity index (χ3v) is 4.04. The van der Waals surface area contributed by atoms with Gasteiger partial charge >= 0.3 is 0 Å². The number of amides is 1. The Hall–Kier alpha value is -3.38. The van der Waals surface area contributed by atoms with E-state index in [0.29, 0.717) is 16.3 Å². The standard InChI is InChI=1S/C22H23ClN4O2/c1-4-16(7-5-6-15(2)28)27-22(29)20-11-10-17(12-21(20)23)26-19-9-8-18(13-24-3)25-14-19/h4-14,26,28H,1-3H3,(H,27,29)/b7-5-,15-6+,16-4+,24-13?. The lowest BCUT2D eigenvalue weighted by atomic mass is 10.1. The molecule has 1 aromatic heterocycles. The first-order chi connectivity index (χ1) is 13.9. The SMILES string of the molecule is C\C=C(/C=C\C=C(/C)O)NC(=O)c1ccc(Nc2ccc(C=NC)nc2)cc1Cl. The fourth-order valence-electron chi connectivity index (χ4n) is 2.33. The van der Waals surface area contributed by atoms with E-state index in [1.54, 1.807) is 69.7 Å². The number of halogens is 1. The number of anilines is 2. The second kappa shape index (κ2) is 10.8. The molecule has 2 aromatic rings. The van der Waals surface area contributed by atoms with Crippen LogP contribution in [0, 0.1) is 0 Å². The Kier molecular flexibility index (Phi) is 8.18. The number of aliphatic hydroxyl groups excluding tert-OH is 1. The van der Waals surface area contributed by atoms with Crippen LogP contribution in [-0.4, -0.2) is 29.3 Å². The van der Waals surface area contributed by atoms with Crippen LogP contribution in [0.2, 0.25) is 5.02 Å². The third kappa shape index (κ3) is 6.93. The second-order valence-electron chi connectivity index (χ2n) is 6.04. The number of carbonyl (C=O) groups excluding carboxylic acids is 1. The zero-order chi connectivity index (χ0) is 21.2. The van der Waals surface area contributed by atoms with E-state index < -0.39 is 0 Å². The zero-order valence-electron chi connectivity index (χ0n) is 16.5. The van der Waals surface area contributed by atoms with Crippen molar-refractivity contribution in [3.05, 3.63) is 88.6 Å². The number of pyridine rings is 1. The van der Waals surface area contributed by atoms with Gasteiger partial charge in [-0.1, -0.05) is 23.8 Å². The highest BCUT2D eigenvalue weighted by Gasteiger charge is 2.11. The molecule has 0 aliphatic rings. The first-order valence-corrected chi connectivity index (χ1v) is 9.27. The van der Waals surface area contributed by atoms with Gasteiger partial charge in [0.2, 0.25) is 0 Å². The number of nitrogens with zero attached hydrogens (tertiary/aromatic N) is 2. The molecular formula is C22H23ClN4O2. The normalized spacial score (nSPS) is 12.6. The van der Waals surface area contributed by atoms with Crippen LogP contribution in [0.4, 0.5) is 11.4 Å². The molecule has 7 heteroatoms. The number of carbonyl (C=O) groups is 1. The molecule has 0 saturated carbocycles. The summed E-state index contributed by atoms with van der Waals surface area (Å²) in [6.07, 6.45) is 9.97. The summed E-state index contributed by atoms with van der Waals surface area (Å²) in [5.41, 5.74) is 3.24. The van der Waals surface area contributed by atoms with Crippen molar-refractivity contribution < 1.29 is 9.90 Å². The van der Waals surface area contributed by atoms with Gasteiger partial charge in [-0.05, 0) is 56.3 Å². The molecule has 3 N–H and O–H groups in total. The molecule has 2 rings (SSSR count). The van der Waals surface area contributed by atoms with Crippen molar-refractivity contribution in [1.29, 1.82) is 0 Å². The first-order valence-electron chi connectivity index (χ1n) is 8.89. The van der Waals surface area contributed by atoms with Crippen LogP contribution in [0.3, 0.4) is 0 Å². The van der Waals surface area contributed by atoms with Crippen molar-refractivity contribution in [2.75, 3.05) is 12.4 Å². The third-order valence-electron chi connectivity index (χ3n) is 3.73. The van der Waals surface area contributed by atoms with Gasteiger partial charge in [0.25, 0.3) is 5.91 Å². The lowest BCUT2D eigenvalue weighted by Crippen LogP contribution is -2.22. The highest BCUT2D eigenvalue weighted by Crippen LogP contribution is 2.24. The van der Waals surface area contributed by atoms with E-state index in [4.69, 9.17) is 11.6 Å². The van der Waals surface area contributed by atoms with Crippen LogP contribution in [0.25, 0.3) is 0 Å². The predicted octanol–water partition coefficient (Wildman–Crippen LogP) is 5.18. The minimum absolute atomic E-state index is 0.178. The van der Waals surface area contributed by atoms with Gasteiger partial charge in [-0.3, -0.25) is 14.8 Å². The number of allylic oxidation sites excluding steroid dienone is 5. The van der Waals surface area contributed by atoms with Gasteiger partial charge in [0.05, 0.1) is 33.9 Å². The Bertz CT molecular complexity index is 973. The van der Waals surface area contributed by atoms with Crippen LogP contribution in [0.5, 0.6) is 0 Å². The summed E-state index contributed by atoms with van der Waals surface area (Å²) in [6.45, 7) is 3.37. The van der Waals surface area contributed by atoms with E-state index in [1.807, 2.05) is 12.1 Å². The van der Waals surface area contributed by atoms with Crippen molar-refractivity contribution >= 4 is 35.1 Å². The average Bonchev–Trinajstić information content (AvgIpc) is 2.68. The maximum absolute atomic E-state index is 12.5. The number of aromatic nitrogens is 1. The highest BCUT2D eigenvalue weighted by atomic mass is 35.5. The fourth-order valence-corrected chi connectivity index (χ4v) is 2.60. The first kappa shape index (κ1) is 21.9. The molecule has 6 nitrogen and oxygen atoms in total. The van der Waals surface area contributed by atoms with Gasteiger partial charge in [-0.2, -0.15) is 0 Å². The van der Waals surface area contributed by atoms with Gasteiger partial charge < -0.3 is 15.7 Å². The number of hydrogen-bond donors (Lipinski definition) is 3. The summed E-state index contributed by atoms with van der Waals surface area (Å²) in [7, 11) is 1.69. The van der Waals surface area contributed by atoms with Crippen LogP contribution >= 0.6 is 11.6 Å². The molecule has 0 radical (unpaired) electrons. The van der Waals surface area contributed by atoms with E-state index in [1.165, 1.54) is 6.08 Å².